The van der Waals surface area contributed by atoms with Crippen LogP contribution in [0, 0.1) is 0 Å². The third kappa shape index (κ3) is 1.29. The summed E-state index contributed by atoms with van der Waals surface area (Å²) < 4.78 is 17.1. The Morgan fingerprint density at radius 2 is 2.11 bits per heavy atom. The number of ether oxygens (including phenoxy) is 2. The predicted molar refractivity (Wildman–Crippen MR) is 69.4 cm³/mol. The molecule has 98 valence electrons. The quantitative estimate of drug-likeness (QED) is 0.681. The van der Waals surface area contributed by atoms with Crippen molar-refractivity contribution in [2.45, 2.75) is 38.1 Å². The van der Waals surface area contributed by atoms with Crippen LogP contribution >= 0.6 is 0 Å². The molecule has 0 N–H and O–H groups in total. The second kappa shape index (κ2) is 3.39. The first-order chi connectivity index (χ1) is 9.09. The van der Waals surface area contributed by atoms with E-state index in [-0.39, 0.29) is 23.4 Å². The van der Waals surface area contributed by atoms with Crippen molar-refractivity contribution in [2.75, 3.05) is 0 Å². The lowest BCUT2D eigenvalue weighted by molar-refractivity contribution is -0.0646. The Hall–Kier alpha value is -1.81. The Kier molecular flexibility index (Phi) is 1.97. The molecule has 0 unspecified atom stereocenters. The summed E-state index contributed by atoms with van der Waals surface area (Å²) in [6, 6.07) is 7.45. The molecule has 0 saturated carbocycles. The minimum absolute atomic E-state index is 0.0530. The van der Waals surface area contributed by atoms with Crippen LogP contribution in [0.1, 0.15) is 25.8 Å². The van der Waals surface area contributed by atoms with Gasteiger partial charge in [-0.3, -0.25) is 0 Å². The highest BCUT2D eigenvalue weighted by molar-refractivity contribution is 5.85. The van der Waals surface area contributed by atoms with Gasteiger partial charge in [0.1, 0.15) is 11.3 Å². The van der Waals surface area contributed by atoms with Gasteiger partial charge in [-0.2, -0.15) is 0 Å². The largest absolute Gasteiger partial charge is 0.464 e. The van der Waals surface area contributed by atoms with Crippen LogP contribution < -0.4 is 10.4 Å². The van der Waals surface area contributed by atoms with E-state index in [1.165, 1.54) is 0 Å². The van der Waals surface area contributed by atoms with Gasteiger partial charge in [-0.1, -0.05) is 19.1 Å². The summed E-state index contributed by atoms with van der Waals surface area (Å²) >= 11 is 0. The monoisotopic (exact) mass is 258 g/mol. The minimum atomic E-state index is -0.330. The molecule has 1 fully saturated rings. The van der Waals surface area contributed by atoms with Gasteiger partial charge >= 0.3 is 5.63 Å². The normalized spacial score (nSPS) is 32.1. The second-order valence-electron chi connectivity index (χ2n) is 5.54. The van der Waals surface area contributed by atoms with E-state index in [1.807, 2.05) is 32.0 Å². The van der Waals surface area contributed by atoms with Crippen LogP contribution in [0.5, 0.6) is 5.75 Å². The van der Waals surface area contributed by atoms with Crippen molar-refractivity contribution in [2.24, 2.45) is 0 Å². The summed E-state index contributed by atoms with van der Waals surface area (Å²) in [6.07, 6.45) is 0.380. The van der Waals surface area contributed by atoms with Gasteiger partial charge in [0.05, 0.1) is 17.1 Å². The molecule has 0 amide bonds. The van der Waals surface area contributed by atoms with Crippen LogP contribution in [0.15, 0.2) is 33.5 Å². The fraction of sp³-hybridized carbons (Fsp3) is 0.400. The van der Waals surface area contributed by atoms with Crippen molar-refractivity contribution in [3.8, 4) is 5.75 Å². The maximum Gasteiger partial charge on any atom is 0.343 e. The van der Waals surface area contributed by atoms with E-state index in [1.54, 1.807) is 6.07 Å². The standard InChI is InChI=1S/C15H14O4/c1-8-15(2)7-11(17-8)19-13-9-5-3-4-6-10(9)18-14(16)12(13)15/h3-6,8,11H,7H2,1-2H3/t8-,11+,15-/m0/s1. The maximum atomic E-state index is 12.3. The summed E-state index contributed by atoms with van der Waals surface area (Å²) in [6.45, 7) is 4.03. The molecule has 0 radical (unpaired) electrons. The van der Waals surface area contributed by atoms with E-state index in [0.717, 1.165) is 5.39 Å². The zero-order valence-electron chi connectivity index (χ0n) is 10.8. The number of benzene rings is 1. The fourth-order valence-corrected chi connectivity index (χ4v) is 3.18. The summed E-state index contributed by atoms with van der Waals surface area (Å²) in [4.78, 5) is 12.3. The third-order valence-electron chi connectivity index (χ3n) is 4.43. The molecule has 2 aromatic rings. The molecule has 4 heteroatoms. The van der Waals surface area contributed by atoms with Crippen molar-refractivity contribution in [3.63, 3.8) is 0 Å². The van der Waals surface area contributed by atoms with Crippen molar-refractivity contribution < 1.29 is 13.9 Å². The van der Waals surface area contributed by atoms with Gasteiger partial charge < -0.3 is 13.9 Å². The highest BCUT2D eigenvalue weighted by Gasteiger charge is 2.52. The molecule has 3 atom stereocenters. The molecule has 4 nitrogen and oxygen atoms in total. The number of fused-ring (bicyclic) bond motifs is 6. The summed E-state index contributed by atoms with van der Waals surface area (Å²) in [5.74, 6) is 0.634. The summed E-state index contributed by atoms with van der Waals surface area (Å²) in [5, 5.41) is 0.839. The first-order valence-electron chi connectivity index (χ1n) is 6.48. The number of rotatable bonds is 0. The molecular weight excluding hydrogens is 244 g/mol. The van der Waals surface area contributed by atoms with Crippen LogP contribution in [-0.4, -0.2) is 12.4 Å². The van der Waals surface area contributed by atoms with E-state index in [9.17, 15) is 4.79 Å². The lowest BCUT2D eigenvalue weighted by Crippen LogP contribution is -2.37. The third-order valence-corrected chi connectivity index (χ3v) is 4.43. The van der Waals surface area contributed by atoms with Crippen LogP contribution in [0.25, 0.3) is 11.0 Å². The van der Waals surface area contributed by atoms with E-state index >= 15 is 0 Å². The Morgan fingerprint density at radius 1 is 1.32 bits per heavy atom. The lowest BCUT2D eigenvalue weighted by Gasteiger charge is -2.30. The van der Waals surface area contributed by atoms with E-state index in [2.05, 4.69) is 0 Å². The maximum absolute atomic E-state index is 12.3. The molecule has 2 aliphatic rings. The molecule has 3 heterocycles. The average molecular weight is 258 g/mol. The molecule has 2 bridgehead atoms. The summed E-state index contributed by atoms with van der Waals surface area (Å²) in [7, 11) is 0. The molecule has 0 aliphatic carbocycles. The smallest absolute Gasteiger partial charge is 0.343 e. The van der Waals surface area contributed by atoms with E-state index in [0.29, 0.717) is 23.3 Å². The van der Waals surface area contributed by atoms with Gasteiger partial charge in [0.2, 0.25) is 6.29 Å². The summed E-state index contributed by atoms with van der Waals surface area (Å²) in [5.41, 5.74) is 0.534. The molecule has 1 aromatic heterocycles. The SMILES string of the molecule is C[C@@H]1O[C@H]2C[C@]1(C)c1c(c3ccccc3oc1=O)O2. The first-order valence-corrected chi connectivity index (χ1v) is 6.48. The molecule has 2 aliphatic heterocycles. The molecule has 0 spiro atoms. The van der Waals surface area contributed by atoms with Crippen LogP contribution in [0.2, 0.25) is 0 Å². The average Bonchev–Trinajstić information content (AvgIpc) is 2.59. The fourth-order valence-electron chi connectivity index (χ4n) is 3.18. The van der Waals surface area contributed by atoms with Crippen LogP contribution in [0.3, 0.4) is 0 Å². The second-order valence-corrected chi connectivity index (χ2v) is 5.54. The molecule has 4 rings (SSSR count). The van der Waals surface area contributed by atoms with Gasteiger partial charge in [0, 0.05) is 11.8 Å². The van der Waals surface area contributed by atoms with Gasteiger partial charge in [0.25, 0.3) is 0 Å². The topological polar surface area (TPSA) is 48.7 Å². The minimum Gasteiger partial charge on any atom is -0.464 e. The number of para-hydroxylation sites is 1. The number of hydrogen-bond donors (Lipinski definition) is 0. The van der Waals surface area contributed by atoms with Crippen molar-refractivity contribution in [1.82, 2.24) is 0 Å². The van der Waals surface area contributed by atoms with Crippen LogP contribution in [-0.2, 0) is 10.2 Å². The highest BCUT2D eigenvalue weighted by Crippen LogP contribution is 2.49. The predicted octanol–water partition coefficient (Wildman–Crippen LogP) is 2.58. The Bertz CT molecular complexity index is 732. The Balaban J connectivity index is 2.13. The molecule has 19 heavy (non-hydrogen) atoms. The number of hydrogen-bond acceptors (Lipinski definition) is 4. The zero-order chi connectivity index (χ0) is 13.2. The van der Waals surface area contributed by atoms with E-state index < -0.39 is 0 Å². The Morgan fingerprint density at radius 3 is 2.95 bits per heavy atom. The van der Waals surface area contributed by atoms with Gasteiger partial charge in [0.15, 0.2) is 0 Å². The van der Waals surface area contributed by atoms with Crippen molar-refractivity contribution in [1.29, 1.82) is 0 Å². The van der Waals surface area contributed by atoms with Gasteiger partial charge in [-0.05, 0) is 19.1 Å². The molecule has 1 saturated heterocycles. The molecule has 1 aromatic carbocycles. The first kappa shape index (κ1) is 11.1. The Labute approximate surface area is 109 Å². The van der Waals surface area contributed by atoms with Gasteiger partial charge in [-0.25, -0.2) is 4.79 Å². The van der Waals surface area contributed by atoms with Crippen LogP contribution in [0.4, 0.5) is 0 Å². The molecular formula is C15H14O4. The van der Waals surface area contributed by atoms with Crippen molar-refractivity contribution in [3.05, 3.63) is 40.2 Å². The van der Waals surface area contributed by atoms with E-state index in [4.69, 9.17) is 13.9 Å². The lowest BCUT2D eigenvalue weighted by atomic mass is 9.76. The highest BCUT2D eigenvalue weighted by atomic mass is 16.7. The van der Waals surface area contributed by atoms with Gasteiger partial charge in [-0.15, -0.1) is 0 Å². The van der Waals surface area contributed by atoms with Crippen molar-refractivity contribution >= 4 is 11.0 Å². The zero-order valence-corrected chi connectivity index (χ0v) is 10.8.